The van der Waals surface area contributed by atoms with Crippen LogP contribution in [-0.4, -0.2) is 18.6 Å². The molecular formula is C9H8F2N2. The first-order chi connectivity index (χ1) is 6.24. The first-order valence-electron chi connectivity index (χ1n) is 3.69. The zero-order chi connectivity index (χ0) is 9.68. The maximum absolute atomic E-state index is 12.8. The predicted octanol–water partition coefficient (Wildman–Crippen LogP) is 0.931. The maximum atomic E-state index is 12.8. The Kier molecular flexibility index (Phi) is 3.35. The van der Waals surface area contributed by atoms with Gasteiger partial charge in [-0.3, -0.25) is 0 Å². The summed E-state index contributed by atoms with van der Waals surface area (Å²) < 4.78 is 25.1. The summed E-state index contributed by atoms with van der Waals surface area (Å²) in [5.41, 5.74) is 0.108. The van der Waals surface area contributed by atoms with Gasteiger partial charge in [0.2, 0.25) is 11.9 Å². The lowest BCUT2D eigenvalue weighted by molar-refractivity contribution is 0.510. The van der Waals surface area contributed by atoms with Crippen LogP contribution in [-0.2, 0) is 0 Å². The average molecular weight is 182 g/mol. The van der Waals surface area contributed by atoms with Crippen LogP contribution in [0.1, 0.15) is 5.56 Å². The molecule has 0 unspecified atom stereocenters. The van der Waals surface area contributed by atoms with Crippen LogP contribution < -0.4 is 5.32 Å². The molecule has 0 aliphatic rings. The van der Waals surface area contributed by atoms with Gasteiger partial charge in [0.15, 0.2) is 0 Å². The minimum Gasteiger partial charge on any atom is -0.309 e. The van der Waals surface area contributed by atoms with Crippen molar-refractivity contribution in [1.82, 2.24) is 10.3 Å². The minimum atomic E-state index is -0.872. The Morgan fingerprint density at radius 3 is 2.85 bits per heavy atom. The van der Waals surface area contributed by atoms with Crippen LogP contribution in [0.15, 0.2) is 12.1 Å². The van der Waals surface area contributed by atoms with Gasteiger partial charge in [-0.05, 0) is 19.2 Å². The van der Waals surface area contributed by atoms with Crippen LogP contribution in [0.4, 0.5) is 8.78 Å². The molecule has 2 nitrogen and oxygen atoms in total. The van der Waals surface area contributed by atoms with E-state index >= 15 is 0 Å². The van der Waals surface area contributed by atoms with E-state index in [9.17, 15) is 8.78 Å². The van der Waals surface area contributed by atoms with Crippen LogP contribution in [0.3, 0.4) is 0 Å². The molecule has 0 aliphatic heterocycles. The fraction of sp³-hybridized carbons (Fsp3) is 0.222. The van der Waals surface area contributed by atoms with Gasteiger partial charge >= 0.3 is 0 Å². The van der Waals surface area contributed by atoms with Crippen LogP contribution in [0, 0.1) is 23.7 Å². The average Bonchev–Trinajstić information content (AvgIpc) is 2.09. The van der Waals surface area contributed by atoms with Crippen molar-refractivity contribution in [2.24, 2.45) is 0 Å². The molecule has 1 aromatic heterocycles. The highest BCUT2D eigenvalue weighted by atomic mass is 19.1. The highest BCUT2D eigenvalue weighted by molar-refractivity contribution is 5.32. The van der Waals surface area contributed by atoms with Crippen LogP contribution in [0.5, 0.6) is 0 Å². The van der Waals surface area contributed by atoms with Gasteiger partial charge in [0.25, 0.3) is 0 Å². The molecule has 0 bridgehead atoms. The van der Waals surface area contributed by atoms with Gasteiger partial charge < -0.3 is 5.32 Å². The highest BCUT2D eigenvalue weighted by Crippen LogP contribution is 2.02. The Morgan fingerprint density at radius 1 is 1.46 bits per heavy atom. The van der Waals surface area contributed by atoms with Crippen molar-refractivity contribution >= 4 is 0 Å². The van der Waals surface area contributed by atoms with Gasteiger partial charge in [-0.1, -0.05) is 11.8 Å². The van der Waals surface area contributed by atoms with Crippen LogP contribution >= 0.6 is 0 Å². The summed E-state index contributed by atoms with van der Waals surface area (Å²) in [5, 5.41) is 2.78. The second kappa shape index (κ2) is 4.53. The molecule has 0 saturated heterocycles. The Morgan fingerprint density at radius 2 is 2.23 bits per heavy atom. The van der Waals surface area contributed by atoms with Crippen molar-refractivity contribution in [3.8, 4) is 11.8 Å². The summed E-state index contributed by atoms with van der Waals surface area (Å²) in [5.74, 6) is 3.46. The second-order valence-electron chi connectivity index (χ2n) is 2.30. The lowest BCUT2D eigenvalue weighted by Gasteiger charge is -1.92. The first kappa shape index (κ1) is 9.62. The summed E-state index contributed by atoms with van der Waals surface area (Å²) in [4.78, 5) is 3.00. The van der Waals surface area contributed by atoms with E-state index in [0.717, 1.165) is 6.07 Å². The van der Waals surface area contributed by atoms with Crippen molar-refractivity contribution < 1.29 is 8.78 Å². The van der Waals surface area contributed by atoms with E-state index in [1.165, 1.54) is 6.07 Å². The topological polar surface area (TPSA) is 24.9 Å². The Bertz CT molecular complexity index is 352. The van der Waals surface area contributed by atoms with Crippen LogP contribution in [0.2, 0.25) is 0 Å². The molecule has 1 aromatic rings. The molecule has 0 aliphatic carbocycles. The summed E-state index contributed by atoms with van der Waals surface area (Å²) in [7, 11) is 1.73. The van der Waals surface area contributed by atoms with Crippen molar-refractivity contribution in [2.45, 2.75) is 0 Å². The maximum Gasteiger partial charge on any atom is 0.231 e. The quantitative estimate of drug-likeness (QED) is 0.516. The van der Waals surface area contributed by atoms with Crippen molar-refractivity contribution in [1.29, 1.82) is 0 Å². The molecule has 4 heteroatoms. The van der Waals surface area contributed by atoms with Gasteiger partial charge in [-0.25, -0.2) is 0 Å². The number of rotatable bonds is 1. The highest BCUT2D eigenvalue weighted by Gasteiger charge is 2.00. The van der Waals surface area contributed by atoms with Crippen molar-refractivity contribution in [2.75, 3.05) is 13.6 Å². The van der Waals surface area contributed by atoms with E-state index in [2.05, 4.69) is 22.1 Å². The molecule has 0 spiro atoms. The van der Waals surface area contributed by atoms with Crippen molar-refractivity contribution in [3.63, 3.8) is 0 Å². The molecule has 0 saturated carbocycles. The molecule has 13 heavy (non-hydrogen) atoms. The molecule has 1 rings (SSSR count). The minimum absolute atomic E-state index is 0.108. The number of nitrogens with one attached hydrogen (secondary N) is 1. The number of pyridine rings is 1. The zero-order valence-corrected chi connectivity index (χ0v) is 7.06. The fourth-order valence-electron chi connectivity index (χ4n) is 0.733. The van der Waals surface area contributed by atoms with Gasteiger partial charge in [0.1, 0.15) is 0 Å². The third-order valence-electron chi connectivity index (χ3n) is 1.30. The molecule has 0 aromatic carbocycles. The van der Waals surface area contributed by atoms with Crippen LogP contribution in [0.25, 0.3) is 0 Å². The standard InChI is InChI=1S/C9H8F2N2/c1-12-6-2-3-7-4-5-8(10)13-9(7)11/h4-5,12H,6H2,1H3. The monoisotopic (exact) mass is 182 g/mol. The first-order valence-corrected chi connectivity index (χ1v) is 3.69. The third-order valence-corrected chi connectivity index (χ3v) is 1.30. The van der Waals surface area contributed by atoms with E-state index in [0.29, 0.717) is 6.54 Å². The lowest BCUT2D eigenvalue weighted by Crippen LogP contribution is -2.04. The number of aromatic nitrogens is 1. The predicted molar refractivity (Wildman–Crippen MR) is 45.0 cm³/mol. The third kappa shape index (κ3) is 2.80. The SMILES string of the molecule is CNCC#Cc1ccc(F)nc1F. The molecular weight excluding hydrogens is 174 g/mol. The van der Waals surface area contributed by atoms with E-state index in [4.69, 9.17) is 0 Å². The molecule has 1 N–H and O–H groups in total. The Labute approximate surface area is 75.0 Å². The summed E-state index contributed by atoms with van der Waals surface area (Å²) in [6.45, 7) is 0.455. The number of halogens is 2. The molecule has 0 radical (unpaired) electrons. The lowest BCUT2D eigenvalue weighted by atomic mass is 10.3. The Balaban J connectivity index is 2.85. The van der Waals surface area contributed by atoms with E-state index in [1.54, 1.807) is 7.05 Å². The summed E-state index contributed by atoms with van der Waals surface area (Å²) >= 11 is 0. The van der Waals surface area contributed by atoms with Gasteiger partial charge in [0.05, 0.1) is 12.1 Å². The smallest absolute Gasteiger partial charge is 0.231 e. The second-order valence-corrected chi connectivity index (χ2v) is 2.30. The van der Waals surface area contributed by atoms with E-state index < -0.39 is 11.9 Å². The molecule has 1 heterocycles. The fourth-order valence-corrected chi connectivity index (χ4v) is 0.733. The number of hydrogen-bond acceptors (Lipinski definition) is 2. The zero-order valence-electron chi connectivity index (χ0n) is 7.06. The molecule has 0 atom stereocenters. The van der Waals surface area contributed by atoms with E-state index in [1.807, 2.05) is 0 Å². The van der Waals surface area contributed by atoms with Crippen molar-refractivity contribution in [3.05, 3.63) is 29.6 Å². The largest absolute Gasteiger partial charge is 0.309 e. The van der Waals surface area contributed by atoms with Gasteiger partial charge in [-0.15, -0.1) is 0 Å². The number of hydrogen-bond donors (Lipinski definition) is 1. The Hall–Kier alpha value is -1.47. The summed E-state index contributed by atoms with van der Waals surface area (Å²) in [6.07, 6.45) is 0. The van der Waals surface area contributed by atoms with E-state index in [-0.39, 0.29) is 5.56 Å². The number of nitrogens with zero attached hydrogens (tertiary/aromatic N) is 1. The molecule has 0 amide bonds. The summed E-state index contributed by atoms with van der Waals surface area (Å²) in [6, 6.07) is 2.34. The molecule has 0 fully saturated rings. The molecule has 68 valence electrons. The normalized spacial score (nSPS) is 9.15. The van der Waals surface area contributed by atoms with Gasteiger partial charge in [-0.2, -0.15) is 13.8 Å². The van der Waals surface area contributed by atoms with Gasteiger partial charge in [0, 0.05) is 0 Å².